The number of ether oxygens (including phenoxy) is 1. The molecule has 0 aliphatic carbocycles. The van der Waals surface area contributed by atoms with Crippen molar-refractivity contribution in [1.82, 2.24) is 4.90 Å². The van der Waals surface area contributed by atoms with Crippen LogP contribution in [0.25, 0.3) is 0 Å². The molecule has 0 bridgehead atoms. The highest BCUT2D eigenvalue weighted by atomic mass is 16.6. The number of hydrogen-bond donors (Lipinski definition) is 0. The van der Waals surface area contributed by atoms with Gasteiger partial charge in [0, 0.05) is 18.7 Å². The van der Waals surface area contributed by atoms with Gasteiger partial charge in [0.2, 0.25) is 0 Å². The van der Waals surface area contributed by atoms with Crippen molar-refractivity contribution in [1.29, 1.82) is 0 Å². The molecule has 1 aliphatic rings. The fourth-order valence-electron chi connectivity index (χ4n) is 2.98. The number of benzene rings is 2. The molecule has 1 aliphatic heterocycles. The fourth-order valence-corrected chi connectivity index (χ4v) is 2.98. The summed E-state index contributed by atoms with van der Waals surface area (Å²) < 4.78 is 5.49. The molecule has 1 saturated heterocycles. The first-order valence-corrected chi connectivity index (χ1v) is 7.87. The number of nitro benzene ring substituents is 1. The Morgan fingerprint density at radius 2 is 1.88 bits per heavy atom. The molecule has 1 atom stereocenters. The van der Waals surface area contributed by atoms with Crippen LogP contribution >= 0.6 is 0 Å². The van der Waals surface area contributed by atoms with E-state index in [-0.39, 0.29) is 24.2 Å². The van der Waals surface area contributed by atoms with E-state index in [9.17, 15) is 14.9 Å². The maximum Gasteiger partial charge on any atom is 0.269 e. The van der Waals surface area contributed by atoms with Crippen LogP contribution in [0, 0.1) is 10.1 Å². The molecule has 1 fully saturated rings. The molecular weight excluding hydrogens is 308 g/mol. The summed E-state index contributed by atoms with van der Waals surface area (Å²) in [4.78, 5) is 24.5. The van der Waals surface area contributed by atoms with Crippen LogP contribution < -0.4 is 4.74 Å². The first kappa shape index (κ1) is 16.0. The maximum absolute atomic E-state index is 12.5. The smallest absolute Gasteiger partial charge is 0.269 e. The van der Waals surface area contributed by atoms with Gasteiger partial charge in [0.15, 0.2) is 6.61 Å². The molecule has 3 rings (SSSR count). The van der Waals surface area contributed by atoms with Crippen molar-refractivity contribution in [3.8, 4) is 5.75 Å². The molecular formula is C18H18N2O4. The van der Waals surface area contributed by atoms with E-state index in [1.54, 1.807) is 0 Å². The number of nitro groups is 1. The third-order valence-corrected chi connectivity index (χ3v) is 4.17. The van der Waals surface area contributed by atoms with Crippen LogP contribution in [0.1, 0.15) is 24.4 Å². The molecule has 24 heavy (non-hydrogen) atoms. The van der Waals surface area contributed by atoms with E-state index < -0.39 is 4.92 Å². The van der Waals surface area contributed by atoms with E-state index in [4.69, 9.17) is 4.74 Å². The molecule has 0 saturated carbocycles. The van der Waals surface area contributed by atoms with Crippen LogP contribution in [0.3, 0.4) is 0 Å². The highest BCUT2D eigenvalue weighted by Gasteiger charge is 2.29. The van der Waals surface area contributed by atoms with Gasteiger partial charge in [0.25, 0.3) is 11.6 Å². The molecule has 1 amide bonds. The van der Waals surface area contributed by atoms with E-state index in [2.05, 4.69) is 0 Å². The largest absolute Gasteiger partial charge is 0.484 e. The van der Waals surface area contributed by atoms with Gasteiger partial charge < -0.3 is 9.64 Å². The molecule has 2 aromatic rings. The topological polar surface area (TPSA) is 72.7 Å². The summed E-state index contributed by atoms with van der Waals surface area (Å²) in [6.45, 7) is 0.656. The normalized spacial score (nSPS) is 16.8. The van der Waals surface area contributed by atoms with Crippen molar-refractivity contribution < 1.29 is 14.5 Å². The number of carbonyl (C=O) groups excluding carboxylic acids is 1. The first-order valence-electron chi connectivity index (χ1n) is 7.87. The zero-order chi connectivity index (χ0) is 16.9. The lowest BCUT2D eigenvalue weighted by molar-refractivity contribution is -0.384. The Hall–Kier alpha value is -2.89. The number of non-ortho nitro benzene ring substituents is 1. The summed E-state index contributed by atoms with van der Waals surface area (Å²) in [7, 11) is 0. The van der Waals surface area contributed by atoms with E-state index >= 15 is 0 Å². The number of likely N-dealkylation sites (tertiary alicyclic amines) is 1. The van der Waals surface area contributed by atoms with Crippen LogP contribution in [0.2, 0.25) is 0 Å². The maximum atomic E-state index is 12.5. The molecule has 0 spiro atoms. The zero-order valence-corrected chi connectivity index (χ0v) is 13.1. The van der Waals surface area contributed by atoms with E-state index in [1.807, 2.05) is 35.2 Å². The van der Waals surface area contributed by atoms with Crippen molar-refractivity contribution in [2.45, 2.75) is 18.9 Å². The molecule has 6 nitrogen and oxygen atoms in total. The lowest BCUT2D eigenvalue weighted by atomic mass is 10.0. The Morgan fingerprint density at radius 1 is 1.17 bits per heavy atom. The summed E-state index contributed by atoms with van der Waals surface area (Å²) in [5.74, 6) is 0.379. The number of carbonyl (C=O) groups is 1. The second-order valence-electron chi connectivity index (χ2n) is 5.70. The number of nitrogens with zero attached hydrogens (tertiary/aromatic N) is 2. The predicted octanol–water partition coefficient (Wildman–Crippen LogP) is 3.34. The van der Waals surface area contributed by atoms with Crippen molar-refractivity contribution >= 4 is 11.6 Å². The van der Waals surface area contributed by atoms with Gasteiger partial charge in [0.1, 0.15) is 5.75 Å². The zero-order valence-electron chi connectivity index (χ0n) is 13.1. The highest BCUT2D eigenvalue weighted by molar-refractivity contribution is 5.78. The average Bonchev–Trinajstić information content (AvgIpc) is 3.10. The standard InChI is InChI=1S/C18H18N2O4/c21-18(13-24-16-10-8-15(9-11-16)20(22)23)19-12-4-7-17(19)14-5-2-1-3-6-14/h1-3,5-6,8-11,17H,4,7,12-13H2/t17-/m1/s1. The van der Waals surface area contributed by atoms with Crippen LogP contribution in [-0.4, -0.2) is 28.9 Å². The van der Waals surface area contributed by atoms with Crippen molar-refractivity contribution in [3.05, 3.63) is 70.3 Å². The van der Waals surface area contributed by atoms with E-state index in [1.165, 1.54) is 24.3 Å². The third-order valence-electron chi connectivity index (χ3n) is 4.17. The van der Waals surface area contributed by atoms with E-state index in [0.717, 1.165) is 24.9 Å². The highest BCUT2D eigenvalue weighted by Crippen LogP contribution is 2.31. The summed E-state index contributed by atoms with van der Waals surface area (Å²) in [6, 6.07) is 15.8. The van der Waals surface area contributed by atoms with Gasteiger partial charge >= 0.3 is 0 Å². The molecule has 2 aromatic carbocycles. The number of rotatable bonds is 5. The number of hydrogen-bond acceptors (Lipinski definition) is 4. The Bertz CT molecular complexity index is 716. The molecule has 0 unspecified atom stereocenters. The monoisotopic (exact) mass is 326 g/mol. The first-order chi connectivity index (χ1) is 11.6. The molecule has 124 valence electrons. The number of amides is 1. The Kier molecular flexibility index (Phi) is 4.74. The minimum absolute atomic E-state index is 0.00244. The second kappa shape index (κ2) is 7.12. The molecule has 6 heteroatoms. The Morgan fingerprint density at radius 3 is 2.54 bits per heavy atom. The summed E-state index contributed by atoms with van der Waals surface area (Å²) in [6.07, 6.45) is 1.93. The molecule has 0 aromatic heterocycles. The predicted molar refractivity (Wildman–Crippen MR) is 88.7 cm³/mol. The van der Waals surface area contributed by atoms with Crippen LogP contribution in [-0.2, 0) is 4.79 Å². The minimum atomic E-state index is -0.469. The van der Waals surface area contributed by atoms with Gasteiger partial charge in [0.05, 0.1) is 11.0 Å². The summed E-state index contributed by atoms with van der Waals surface area (Å²) >= 11 is 0. The van der Waals surface area contributed by atoms with Gasteiger partial charge in [-0.15, -0.1) is 0 Å². The van der Waals surface area contributed by atoms with Crippen LogP contribution in [0.15, 0.2) is 54.6 Å². The minimum Gasteiger partial charge on any atom is -0.484 e. The van der Waals surface area contributed by atoms with E-state index in [0.29, 0.717) is 5.75 Å². The SMILES string of the molecule is O=C(COc1ccc([N+](=O)[O-])cc1)N1CCC[C@@H]1c1ccccc1. The van der Waals surface area contributed by atoms with Gasteiger partial charge in [-0.25, -0.2) is 0 Å². The average molecular weight is 326 g/mol. The van der Waals surface area contributed by atoms with Crippen molar-refractivity contribution in [3.63, 3.8) is 0 Å². The summed E-state index contributed by atoms with van der Waals surface area (Å²) in [5, 5.41) is 10.6. The molecule has 0 radical (unpaired) electrons. The Balaban J connectivity index is 1.61. The summed E-state index contributed by atoms with van der Waals surface area (Å²) in [5.41, 5.74) is 1.14. The molecule has 0 N–H and O–H groups in total. The molecule has 1 heterocycles. The quantitative estimate of drug-likeness (QED) is 0.624. The second-order valence-corrected chi connectivity index (χ2v) is 5.70. The Labute approximate surface area is 139 Å². The van der Waals surface area contributed by atoms with Gasteiger partial charge in [-0.2, -0.15) is 0 Å². The fraction of sp³-hybridized carbons (Fsp3) is 0.278. The van der Waals surface area contributed by atoms with Crippen molar-refractivity contribution in [2.24, 2.45) is 0 Å². The third kappa shape index (κ3) is 3.53. The van der Waals surface area contributed by atoms with Crippen LogP contribution in [0.5, 0.6) is 5.75 Å². The van der Waals surface area contributed by atoms with Gasteiger partial charge in [-0.05, 0) is 30.5 Å². The van der Waals surface area contributed by atoms with Crippen LogP contribution in [0.4, 0.5) is 5.69 Å². The van der Waals surface area contributed by atoms with Gasteiger partial charge in [-0.3, -0.25) is 14.9 Å². The van der Waals surface area contributed by atoms with Crippen molar-refractivity contribution in [2.75, 3.05) is 13.2 Å². The lowest BCUT2D eigenvalue weighted by Crippen LogP contribution is -2.34. The lowest BCUT2D eigenvalue weighted by Gasteiger charge is -2.25. The van der Waals surface area contributed by atoms with Gasteiger partial charge in [-0.1, -0.05) is 30.3 Å².